The third-order valence-corrected chi connectivity index (χ3v) is 5.42. The summed E-state index contributed by atoms with van der Waals surface area (Å²) in [7, 11) is 0. The van der Waals surface area contributed by atoms with Crippen LogP contribution in [0.25, 0.3) is 5.69 Å². The lowest BCUT2D eigenvalue weighted by Gasteiger charge is -2.22. The van der Waals surface area contributed by atoms with E-state index in [1.165, 1.54) is 47.1 Å². The number of nitriles is 1. The molecule has 0 spiro atoms. The first-order valence-corrected chi connectivity index (χ1v) is 11.1. The molecule has 182 valence electrons. The molecule has 10 heteroatoms. The van der Waals surface area contributed by atoms with E-state index in [1.54, 1.807) is 19.9 Å². The number of carbonyl (C=O) groups excluding carboxylic acids is 2. The van der Waals surface area contributed by atoms with Crippen molar-refractivity contribution < 1.29 is 18.4 Å². The Morgan fingerprint density at radius 1 is 1.14 bits per heavy atom. The van der Waals surface area contributed by atoms with Gasteiger partial charge < -0.3 is 16.4 Å². The summed E-state index contributed by atoms with van der Waals surface area (Å²) in [5.74, 6) is -2.23. The average molecular weight is 481 g/mol. The molecule has 0 bridgehead atoms. The van der Waals surface area contributed by atoms with E-state index in [0.717, 1.165) is 0 Å². The fraction of sp³-hybridized carbons (Fsp3) is 0.280. The highest BCUT2D eigenvalue weighted by molar-refractivity contribution is 5.97. The summed E-state index contributed by atoms with van der Waals surface area (Å²) in [6.45, 7) is 3.80. The number of nitrogens with one attached hydrogen (secondary N) is 2. The number of benzene rings is 2. The molecule has 1 atom stereocenters. The van der Waals surface area contributed by atoms with Gasteiger partial charge in [-0.2, -0.15) is 10.4 Å². The lowest BCUT2D eigenvalue weighted by Crippen LogP contribution is -2.50. The second-order valence-electron chi connectivity index (χ2n) is 8.28. The van der Waals surface area contributed by atoms with Gasteiger partial charge in [0.2, 0.25) is 5.91 Å². The van der Waals surface area contributed by atoms with Gasteiger partial charge >= 0.3 is 0 Å². The minimum absolute atomic E-state index is 0.135. The number of halogens is 2. The molecule has 0 saturated carbocycles. The van der Waals surface area contributed by atoms with Crippen LogP contribution in [-0.2, 0) is 11.2 Å². The van der Waals surface area contributed by atoms with Gasteiger partial charge in [0.15, 0.2) is 0 Å². The van der Waals surface area contributed by atoms with E-state index in [2.05, 4.69) is 15.7 Å². The number of aromatic nitrogens is 2. The fourth-order valence-corrected chi connectivity index (χ4v) is 3.53. The summed E-state index contributed by atoms with van der Waals surface area (Å²) in [6.07, 6.45) is 0.807. The molecule has 0 saturated heterocycles. The summed E-state index contributed by atoms with van der Waals surface area (Å²) in [5.41, 5.74) is 7.12. The number of hydrogen-bond acceptors (Lipinski definition) is 5. The molecule has 4 N–H and O–H groups in total. The largest absolute Gasteiger partial charge is 0.382 e. The van der Waals surface area contributed by atoms with Crippen LogP contribution in [0.4, 0.5) is 14.6 Å². The van der Waals surface area contributed by atoms with Crippen LogP contribution in [0.5, 0.6) is 0 Å². The Labute approximate surface area is 201 Å². The van der Waals surface area contributed by atoms with Gasteiger partial charge in [-0.1, -0.05) is 26.0 Å². The first kappa shape index (κ1) is 25.4. The van der Waals surface area contributed by atoms with Gasteiger partial charge in [-0.15, -0.1) is 0 Å². The van der Waals surface area contributed by atoms with Crippen molar-refractivity contribution in [2.75, 3.05) is 12.3 Å². The zero-order valence-corrected chi connectivity index (χ0v) is 19.4. The predicted octanol–water partition coefficient (Wildman–Crippen LogP) is 3.11. The zero-order valence-electron chi connectivity index (χ0n) is 19.4. The van der Waals surface area contributed by atoms with Gasteiger partial charge in [0.1, 0.15) is 35.1 Å². The summed E-state index contributed by atoms with van der Waals surface area (Å²) in [5, 5.41) is 19.2. The predicted molar refractivity (Wildman–Crippen MR) is 126 cm³/mol. The normalized spacial score (nSPS) is 11.7. The van der Waals surface area contributed by atoms with E-state index in [1.807, 2.05) is 6.07 Å². The van der Waals surface area contributed by atoms with Crippen molar-refractivity contribution in [3.05, 3.63) is 77.0 Å². The average Bonchev–Trinajstić information content (AvgIpc) is 3.15. The molecule has 2 amide bonds. The van der Waals surface area contributed by atoms with E-state index in [9.17, 15) is 23.6 Å². The Hall–Kier alpha value is -4.26. The van der Waals surface area contributed by atoms with E-state index in [4.69, 9.17) is 5.73 Å². The monoisotopic (exact) mass is 480 g/mol. The van der Waals surface area contributed by atoms with Crippen LogP contribution in [0.1, 0.15) is 41.9 Å². The Morgan fingerprint density at radius 3 is 2.46 bits per heavy atom. The maximum Gasteiger partial charge on any atom is 0.254 e. The number of nitrogens with two attached hydrogens (primary N) is 1. The van der Waals surface area contributed by atoms with Gasteiger partial charge in [-0.3, -0.25) is 9.59 Å². The number of hydrogen-bond donors (Lipinski definition) is 3. The van der Waals surface area contributed by atoms with Crippen molar-refractivity contribution in [2.45, 2.75) is 32.7 Å². The molecular weight excluding hydrogens is 454 g/mol. The van der Waals surface area contributed by atoms with Crippen molar-refractivity contribution in [1.29, 1.82) is 5.26 Å². The highest BCUT2D eigenvalue weighted by Crippen LogP contribution is 2.21. The SMILES string of the molecule is CC(C)C(NC(=O)c1ccccc1F)C(=O)NCCCc1nn(-c2ccc(F)cc2)c(N)c1C#N. The highest BCUT2D eigenvalue weighted by Gasteiger charge is 2.25. The number of aryl methyl sites for hydroxylation is 1. The molecular formula is C25H26F2N6O2. The first-order valence-electron chi connectivity index (χ1n) is 11.1. The quantitative estimate of drug-likeness (QED) is 0.406. The summed E-state index contributed by atoms with van der Waals surface area (Å²) in [4.78, 5) is 25.1. The number of carbonyl (C=O) groups is 2. The maximum atomic E-state index is 13.9. The van der Waals surface area contributed by atoms with Crippen molar-refractivity contribution >= 4 is 17.6 Å². The highest BCUT2D eigenvalue weighted by atomic mass is 19.1. The summed E-state index contributed by atoms with van der Waals surface area (Å²) >= 11 is 0. The molecule has 3 aromatic rings. The minimum atomic E-state index is -0.856. The van der Waals surface area contributed by atoms with Crippen molar-refractivity contribution in [1.82, 2.24) is 20.4 Å². The first-order chi connectivity index (χ1) is 16.7. The Bertz CT molecular complexity index is 1250. The van der Waals surface area contributed by atoms with Crippen LogP contribution in [0.2, 0.25) is 0 Å². The van der Waals surface area contributed by atoms with Crippen LogP contribution in [0.15, 0.2) is 48.5 Å². The van der Waals surface area contributed by atoms with E-state index in [-0.39, 0.29) is 29.4 Å². The Kier molecular flexibility index (Phi) is 8.15. The lowest BCUT2D eigenvalue weighted by molar-refractivity contribution is -0.123. The van der Waals surface area contributed by atoms with Gasteiger partial charge in [-0.25, -0.2) is 13.5 Å². The van der Waals surface area contributed by atoms with Gasteiger partial charge in [0.05, 0.1) is 16.9 Å². The number of nitrogen functional groups attached to an aromatic ring is 1. The number of anilines is 1. The molecule has 8 nitrogen and oxygen atoms in total. The molecule has 1 aromatic heterocycles. The lowest BCUT2D eigenvalue weighted by atomic mass is 10.0. The molecule has 0 fully saturated rings. The second-order valence-corrected chi connectivity index (χ2v) is 8.28. The van der Waals surface area contributed by atoms with Crippen molar-refractivity contribution in [2.24, 2.45) is 5.92 Å². The molecule has 1 heterocycles. The smallest absolute Gasteiger partial charge is 0.254 e. The molecule has 0 radical (unpaired) electrons. The Morgan fingerprint density at radius 2 is 1.83 bits per heavy atom. The molecule has 35 heavy (non-hydrogen) atoms. The molecule has 3 rings (SSSR count). The molecule has 2 aromatic carbocycles. The second kappa shape index (κ2) is 11.2. The number of amides is 2. The van der Waals surface area contributed by atoms with Crippen LogP contribution in [0.3, 0.4) is 0 Å². The molecule has 0 aliphatic rings. The zero-order chi connectivity index (χ0) is 25.5. The van der Waals surface area contributed by atoms with Crippen LogP contribution >= 0.6 is 0 Å². The van der Waals surface area contributed by atoms with Gasteiger partial charge in [0.25, 0.3) is 5.91 Å². The molecule has 0 aliphatic carbocycles. The Balaban J connectivity index is 1.60. The standard InChI is InChI=1S/C25H26F2N6O2/c1-15(2)22(31-24(34)18-6-3-4-7-20(18)27)25(35)30-13-5-8-21-19(14-28)23(29)33(32-21)17-11-9-16(26)10-12-17/h3-4,6-7,9-12,15,22H,5,8,13,29H2,1-2H3,(H,30,35)(H,31,34). The summed E-state index contributed by atoms with van der Waals surface area (Å²) < 4.78 is 28.5. The van der Waals surface area contributed by atoms with Crippen molar-refractivity contribution in [3.8, 4) is 11.8 Å². The minimum Gasteiger partial charge on any atom is -0.382 e. The van der Waals surface area contributed by atoms with Crippen molar-refractivity contribution in [3.63, 3.8) is 0 Å². The van der Waals surface area contributed by atoms with E-state index >= 15 is 0 Å². The maximum absolute atomic E-state index is 13.9. The number of rotatable bonds is 9. The number of nitrogens with zero attached hydrogens (tertiary/aromatic N) is 3. The van der Waals surface area contributed by atoms with Crippen LogP contribution in [0, 0.1) is 28.9 Å². The van der Waals surface area contributed by atoms with Gasteiger partial charge in [0, 0.05) is 6.54 Å². The third kappa shape index (κ3) is 6.00. The van der Waals surface area contributed by atoms with E-state index in [0.29, 0.717) is 24.2 Å². The molecule has 0 aliphatic heterocycles. The van der Waals surface area contributed by atoms with E-state index < -0.39 is 29.5 Å². The molecule has 1 unspecified atom stereocenters. The third-order valence-electron chi connectivity index (χ3n) is 5.42. The fourth-order valence-electron chi connectivity index (χ4n) is 3.53. The van der Waals surface area contributed by atoms with Crippen LogP contribution in [-0.4, -0.2) is 34.2 Å². The van der Waals surface area contributed by atoms with Crippen LogP contribution < -0.4 is 16.4 Å². The summed E-state index contributed by atoms with van der Waals surface area (Å²) in [6, 6.07) is 12.3. The van der Waals surface area contributed by atoms with Gasteiger partial charge in [-0.05, 0) is 55.2 Å². The topological polar surface area (TPSA) is 126 Å².